The molecule has 0 heterocycles. The first-order valence-corrected chi connectivity index (χ1v) is 3.22. The average Bonchev–Trinajstić information content (AvgIpc) is 1.68. The van der Waals surface area contributed by atoms with Crippen molar-refractivity contribution in [2.75, 3.05) is 14.1 Å². The zero-order valence-electron chi connectivity index (χ0n) is 4.63. The largest absolute Gasteiger partial charge is 0.276 e. The van der Waals surface area contributed by atoms with Gasteiger partial charge in [-0.3, -0.25) is 4.70 Å². The lowest BCUT2D eigenvalue weighted by atomic mass is 11.6. The first-order chi connectivity index (χ1) is 3.12. The van der Waals surface area contributed by atoms with Gasteiger partial charge in [-0.05, 0) is 0 Å². The van der Waals surface area contributed by atoms with Gasteiger partial charge >= 0.3 is 0 Å². The smallest absolute Gasteiger partial charge is 0.269 e. The number of halogens is 1. The highest BCUT2D eigenvalue weighted by Crippen LogP contribution is 1.63. The Morgan fingerprint density at radius 3 is 1.38 bits per heavy atom. The maximum absolute atomic E-state index is 10.1. The normalized spacial score (nSPS) is 10.2. The van der Waals surface area contributed by atoms with Crippen LogP contribution in [0.2, 0.25) is 0 Å². The first-order valence-electron chi connectivity index (χ1n) is 1.74. The van der Waals surface area contributed by atoms with Crippen molar-refractivity contribution in [2.45, 2.75) is 0 Å². The number of nitrogens with one attached hydrogen (secondary N) is 2. The highest BCUT2D eigenvalue weighted by Gasteiger charge is 1.96. The standard InChI is InChI=1S/C2H8N2O2S.FH/c1-3-7(5,6)4-2;/h3-4H,1-2H3;1H. The lowest BCUT2D eigenvalue weighted by molar-refractivity contribution is 0.580. The van der Waals surface area contributed by atoms with Gasteiger partial charge in [-0.2, -0.15) is 8.42 Å². The Balaban J connectivity index is 0. The number of rotatable bonds is 2. The van der Waals surface area contributed by atoms with E-state index in [9.17, 15) is 8.42 Å². The third-order valence-electron chi connectivity index (χ3n) is 0.537. The van der Waals surface area contributed by atoms with Gasteiger partial charge in [0.25, 0.3) is 10.2 Å². The first kappa shape index (κ1) is 10.7. The van der Waals surface area contributed by atoms with E-state index in [-0.39, 0.29) is 4.70 Å². The molecule has 0 saturated carbocycles. The highest BCUT2D eigenvalue weighted by molar-refractivity contribution is 7.87. The van der Waals surface area contributed by atoms with Crippen LogP contribution < -0.4 is 9.44 Å². The molecule has 0 atom stereocenters. The van der Waals surface area contributed by atoms with Crippen LogP contribution in [-0.4, -0.2) is 22.5 Å². The van der Waals surface area contributed by atoms with Crippen LogP contribution in [0.5, 0.6) is 0 Å². The van der Waals surface area contributed by atoms with E-state index >= 15 is 0 Å². The molecule has 8 heavy (non-hydrogen) atoms. The van der Waals surface area contributed by atoms with Crippen molar-refractivity contribution in [3.8, 4) is 0 Å². The minimum atomic E-state index is -3.16. The van der Waals surface area contributed by atoms with Crippen molar-refractivity contribution >= 4 is 10.2 Å². The van der Waals surface area contributed by atoms with Gasteiger partial charge in [-0.25, -0.2) is 9.44 Å². The molecule has 0 aliphatic rings. The Hall–Kier alpha value is -0.200. The molecule has 2 N–H and O–H groups in total. The van der Waals surface area contributed by atoms with Gasteiger partial charge in [0.1, 0.15) is 0 Å². The minimum Gasteiger partial charge on any atom is -0.269 e. The summed E-state index contributed by atoms with van der Waals surface area (Å²) in [4.78, 5) is 0. The van der Waals surface area contributed by atoms with E-state index in [1.165, 1.54) is 14.1 Å². The molecule has 6 heteroatoms. The summed E-state index contributed by atoms with van der Waals surface area (Å²) in [5, 5.41) is 0. The summed E-state index contributed by atoms with van der Waals surface area (Å²) in [6.07, 6.45) is 0. The van der Waals surface area contributed by atoms with Gasteiger partial charge in [0.05, 0.1) is 0 Å². The Morgan fingerprint density at radius 2 is 1.38 bits per heavy atom. The van der Waals surface area contributed by atoms with Gasteiger partial charge in [0.2, 0.25) is 0 Å². The van der Waals surface area contributed by atoms with Gasteiger partial charge in [0, 0.05) is 14.1 Å². The van der Waals surface area contributed by atoms with Crippen LogP contribution >= 0.6 is 0 Å². The van der Waals surface area contributed by atoms with E-state index in [1.807, 2.05) is 0 Å². The van der Waals surface area contributed by atoms with E-state index in [2.05, 4.69) is 9.44 Å². The predicted molar refractivity (Wildman–Crippen MR) is 29.5 cm³/mol. The maximum atomic E-state index is 10.1. The fraction of sp³-hybridized carbons (Fsp3) is 1.00. The molecule has 0 radical (unpaired) electrons. The zero-order valence-corrected chi connectivity index (χ0v) is 5.45. The van der Waals surface area contributed by atoms with Crippen LogP contribution in [0.3, 0.4) is 0 Å². The fourth-order valence-corrected chi connectivity index (χ4v) is 0.306. The number of hydrogen-bond donors (Lipinski definition) is 2. The lowest BCUT2D eigenvalue weighted by Crippen LogP contribution is -2.30. The van der Waals surface area contributed by atoms with Gasteiger partial charge in [-0.15, -0.1) is 0 Å². The van der Waals surface area contributed by atoms with Gasteiger partial charge in [-0.1, -0.05) is 0 Å². The third kappa shape index (κ3) is 3.97. The topological polar surface area (TPSA) is 58.2 Å². The van der Waals surface area contributed by atoms with Crippen molar-refractivity contribution in [1.82, 2.24) is 9.44 Å². The quantitative estimate of drug-likeness (QED) is 0.512. The van der Waals surface area contributed by atoms with E-state index in [1.54, 1.807) is 0 Å². The summed E-state index contributed by atoms with van der Waals surface area (Å²) < 4.78 is 24.4. The minimum absolute atomic E-state index is 0. The molecule has 0 aromatic carbocycles. The molecule has 0 amide bonds. The Morgan fingerprint density at radius 1 is 1.12 bits per heavy atom. The van der Waals surface area contributed by atoms with E-state index < -0.39 is 10.2 Å². The summed E-state index contributed by atoms with van der Waals surface area (Å²) in [6, 6.07) is 0. The molecule has 0 saturated heterocycles. The molecule has 0 aromatic rings. The fourth-order valence-electron chi connectivity index (χ4n) is 0.102. The molecule has 0 unspecified atom stereocenters. The summed E-state index contributed by atoms with van der Waals surface area (Å²) in [5.41, 5.74) is 0. The molecule has 0 aromatic heterocycles. The van der Waals surface area contributed by atoms with E-state index in [4.69, 9.17) is 0 Å². The van der Waals surface area contributed by atoms with Crippen molar-refractivity contribution in [3.63, 3.8) is 0 Å². The average molecular weight is 144 g/mol. The summed E-state index contributed by atoms with van der Waals surface area (Å²) in [5.74, 6) is 0. The summed E-state index contributed by atoms with van der Waals surface area (Å²) >= 11 is 0. The Labute approximate surface area is 47.8 Å². The Kier molecular flexibility index (Phi) is 5.04. The van der Waals surface area contributed by atoms with Crippen LogP contribution in [0.4, 0.5) is 4.70 Å². The second-order valence-corrected chi connectivity index (χ2v) is 2.74. The molecule has 52 valence electrons. The lowest BCUT2D eigenvalue weighted by Gasteiger charge is -1.94. The molecule has 0 spiro atoms. The SMILES string of the molecule is CNS(=O)(=O)NC.F. The van der Waals surface area contributed by atoms with Crippen molar-refractivity contribution in [3.05, 3.63) is 0 Å². The molecule has 0 bridgehead atoms. The summed E-state index contributed by atoms with van der Waals surface area (Å²) in [7, 11) is -0.479. The summed E-state index contributed by atoms with van der Waals surface area (Å²) in [6.45, 7) is 0. The zero-order chi connectivity index (χ0) is 5.91. The van der Waals surface area contributed by atoms with Crippen LogP contribution in [0.15, 0.2) is 0 Å². The highest BCUT2D eigenvalue weighted by atomic mass is 32.2. The van der Waals surface area contributed by atoms with Crippen molar-refractivity contribution in [2.24, 2.45) is 0 Å². The van der Waals surface area contributed by atoms with Crippen LogP contribution in [0.1, 0.15) is 0 Å². The van der Waals surface area contributed by atoms with Gasteiger partial charge < -0.3 is 0 Å². The second kappa shape index (κ2) is 3.76. The molecule has 0 rings (SSSR count). The molecule has 0 aliphatic carbocycles. The van der Waals surface area contributed by atoms with Crippen LogP contribution in [-0.2, 0) is 10.2 Å². The molecular formula is C2H9FN2O2S. The van der Waals surface area contributed by atoms with Crippen LogP contribution in [0.25, 0.3) is 0 Å². The predicted octanol–water partition coefficient (Wildman–Crippen LogP) is -1.18. The maximum Gasteiger partial charge on any atom is 0.276 e. The van der Waals surface area contributed by atoms with Crippen molar-refractivity contribution < 1.29 is 13.1 Å². The third-order valence-corrected chi connectivity index (χ3v) is 1.61. The monoisotopic (exact) mass is 144 g/mol. The van der Waals surface area contributed by atoms with Gasteiger partial charge in [0.15, 0.2) is 0 Å². The molecule has 0 fully saturated rings. The van der Waals surface area contributed by atoms with E-state index in [0.29, 0.717) is 0 Å². The number of hydrogen-bond acceptors (Lipinski definition) is 2. The second-order valence-electron chi connectivity index (χ2n) is 0.912. The van der Waals surface area contributed by atoms with Crippen LogP contribution in [0, 0.1) is 0 Å². The molecule has 4 nitrogen and oxygen atoms in total. The van der Waals surface area contributed by atoms with Crippen molar-refractivity contribution in [1.29, 1.82) is 0 Å². The molecular weight excluding hydrogens is 135 g/mol. The van der Waals surface area contributed by atoms with E-state index in [0.717, 1.165) is 0 Å². The molecule has 0 aliphatic heterocycles. The Bertz CT molecular complexity index is 121.